The minimum absolute atomic E-state index is 0.0432. The molecule has 0 spiro atoms. The number of hydrogen-bond acceptors (Lipinski definition) is 14. The first-order chi connectivity index (χ1) is 42.2. The summed E-state index contributed by atoms with van der Waals surface area (Å²) in [6, 6.07) is 35.4. The Morgan fingerprint density at radius 1 is 0.534 bits per heavy atom. The fraction of sp³-hybridized carbons (Fsp3) is 0.215. The molecule has 11 aromatic rings. The van der Waals surface area contributed by atoms with Crippen molar-refractivity contribution in [2.45, 2.75) is 40.3 Å². The largest absolute Gasteiger partial charge is 0.454 e. The van der Waals surface area contributed by atoms with Crippen LogP contribution in [-0.2, 0) is 36.2 Å². The van der Waals surface area contributed by atoms with Crippen LogP contribution in [-0.4, -0.2) is 124 Å². The smallest absolute Gasteiger partial charge is 0.416 e. The van der Waals surface area contributed by atoms with Gasteiger partial charge in [-0.05, 0) is 118 Å². The monoisotopic (exact) mass is 1270 g/mol. The number of nitrogens with zero attached hydrogens (tertiary/aromatic N) is 7. The highest BCUT2D eigenvalue weighted by Gasteiger charge is 2.34. The lowest BCUT2D eigenvalue weighted by molar-refractivity contribution is -0.137. The maximum atomic E-state index is 13.7. The van der Waals surface area contributed by atoms with Gasteiger partial charge in [-0.25, -0.2) is 33.7 Å². The molecule has 6 aromatic heterocycles. The van der Waals surface area contributed by atoms with Gasteiger partial charge in [0.2, 0.25) is 11.9 Å². The number of thiophene rings is 1. The molecule has 0 amide bonds. The summed E-state index contributed by atoms with van der Waals surface area (Å²) >= 11 is 1.32. The lowest BCUT2D eigenvalue weighted by Gasteiger charge is -2.21. The van der Waals surface area contributed by atoms with E-state index in [1.54, 1.807) is 54.3 Å². The topological polar surface area (TPSA) is 171 Å². The summed E-state index contributed by atoms with van der Waals surface area (Å²) in [5.41, 5.74) is 6.72. The maximum absolute atomic E-state index is 13.7. The van der Waals surface area contributed by atoms with E-state index in [9.17, 15) is 38.4 Å². The Labute approximate surface area is 510 Å². The van der Waals surface area contributed by atoms with E-state index in [4.69, 9.17) is 13.9 Å². The molecule has 0 fully saturated rings. The number of furan rings is 1. The third kappa shape index (κ3) is 10.9. The van der Waals surface area contributed by atoms with Gasteiger partial charge in [-0.15, -0.1) is 11.3 Å². The van der Waals surface area contributed by atoms with Crippen LogP contribution in [0.15, 0.2) is 195 Å². The number of fused-ring (bicyclic) bond motifs is 6. The molecule has 4 aliphatic heterocycles. The number of ether oxygens (including phenoxy) is 2. The molecular weight excluding hydrogens is 1210 g/mol. The molecule has 0 bridgehead atoms. The van der Waals surface area contributed by atoms with Crippen LogP contribution in [0.2, 0.25) is 0 Å². The summed E-state index contributed by atoms with van der Waals surface area (Å²) in [5, 5.41) is 4.99. The fourth-order valence-electron chi connectivity index (χ4n) is 11.5. The van der Waals surface area contributed by atoms with Gasteiger partial charge in [0.15, 0.2) is 17.1 Å². The first kappa shape index (κ1) is 58.7. The van der Waals surface area contributed by atoms with E-state index in [-0.39, 0.29) is 27.2 Å². The van der Waals surface area contributed by atoms with E-state index in [2.05, 4.69) is 45.9 Å². The highest BCUT2D eigenvalue weighted by Crippen LogP contribution is 2.41. The molecule has 10 heterocycles. The van der Waals surface area contributed by atoms with E-state index in [0.29, 0.717) is 57.5 Å². The first-order valence-electron chi connectivity index (χ1n) is 28.3. The minimum Gasteiger partial charge on any atom is -0.454 e. The van der Waals surface area contributed by atoms with Crippen molar-refractivity contribution >= 4 is 112 Å². The molecule has 0 saturated carbocycles. The van der Waals surface area contributed by atoms with Crippen LogP contribution in [0.1, 0.15) is 41.5 Å². The molecule has 0 unspecified atom stereocenters. The molecule has 23 heteroatoms. The maximum Gasteiger partial charge on any atom is 0.416 e. The highest BCUT2D eigenvalue weighted by molar-refractivity contribution is 7.91. The van der Waals surface area contributed by atoms with Gasteiger partial charge in [-0.2, -0.15) is 21.6 Å². The number of rotatable bonds is 9. The number of para-hydroxylation sites is 2. The Balaban J connectivity index is 0.000000122. The van der Waals surface area contributed by atoms with E-state index in [1.165, 1.54) is 49.3 Å². The van der Waals surface area contributed by atoms with Crippen LogP contribution in [0.5, 0.6) is 11.5 Å². The number of pyridine rings is 1. The molecule has 88 heavy (non-hydrogen) atoms. The second kappa shape index (κ2) is 23.0. The summed E-state index contributed by atoms with van der Waals surface area (Å²) < 4.78 is 142. The molecular formula is C65H58F3N7O9S4. The van der Waals surface area contributed by atoms with Crippen LogP contribution in [0.25, 0.3) is 70.6 Å². The predicted molar refractivity (Wildman–Crippen MR) is 337 cm³/mol. The van der Waals surface area contributed by atoms with Crippen LogP contribution in [0, 0.1) is 0 Å². The van der Waals surface area contributed by atoms with E-state index >= 15 is 0 Å². The SMILES string of the molecule is CN1CC=C(c2cn(S(=O)(=O)c3cc4ccccc4o3)c3ccccc23)CC1.CN1CC=C(c2cn(S(=O)(=O)c3ccc4c(c3)OCO4)c3ncccc23)CC1.CN1CC=C(c2cn(S(=O)(=O)c3csc4ccccc34)c3ccc(C(F)(F)F)cc23)CC1. The normalized spacial score (nSPS) is 16.4. The third-order valence-electron chi connectivity index (χ3n) is 16.4. The average molecular weight is 1270 g/mol. The summed E-state index contributed by atoms with van der Waals surface area (Å²) in [4.78, 5) is 11.2. The standard InChI is InChI=1S/C23H19F3N2O2S2.C22H20N2O3S.C20H19N3O4S/c1-27-10-8-15(9-11-27)19-13-28(20-7-6-16(12-18(19)20)23(24,25)26)32(29,30)22-14-31-21-5-3-2-4-17(21)22;1-23-12-10-16(11-13-23)19-15-24(20-8-4-3-7-18(19)20)28(25,26)22-14-17-6-2-5-9-21(17)27-22;1-22-9-6-14(7-10-22)17-12-23(20-16(17)3-2-8-21-20)28(24,25)15-4-5-18-19(11-15)27-13-26-18/h2-8,12-14H,9-11H2,1H3;2-10,14-15H,11-13H2,1H3;2-6,8,11-12H,7,9-10,13H2,1H3. The number of hydrogen-bond donors (Lipinski definition) is 0. The number of alkyl halides is 3. The number of likely N-dealkylation sites (N-methyl/N-ethyl adjacent to an activating group) is 3. The highest BCUT2D eigenvalue weighted by atomic mass is 32.2. The molecule has 452 valence electrons. The molecule has 5 aromatic carbocycles. The Hall–Kier alpha value is -8.29. The third-order valence-corrected chi connectivity index (χ3v) is 22.4. The molecule has 0 N–H and O–H groups in total. The second-order valence-corrected chi connectivity index (χ2v) is 28.3. The van der Waals surface area contributed by atoms with Gasteiger partial charge in [0, 0.05) is 130 Å². The van der Waals surface area contributed by atoms with Crippen molar-refractivity contribution in [2.75, 3.05) is 67.2 Å². The summed E-state index contributed by atoms with van der Waals surface area (Å²) in [7, 11) is -5.58. The van der Waals surface area contributed by atoms with Crippen LogP contribution < -0.4 is 9.47 Å². The molecule has 0 radical (unpaired) electrons. The Morgan fingerprint density at radius 3 is 1.76 bits per heavy atom. The summed E-state index contributed by atoms with van der Waals surface area (Å²) in [6.45, 7) is 5.11. The number of halogens is 3. The van der Waals surface area contributed by atoms with Crippen molar-refractivity contribution in [2.24, 2.45) is 0 Å². The average Bonchev–Trinajstić information content (AvgIpc) is 1.74. The molecule has 0 atom stereocenters. The van der Waals surface area contributed by atoms with Crippen molar-refractivity contribution in [3.8, 4) is 11.5 Å². The quantitative estimate of drug-likeness (QED) is 0.134. The Kier molecular flexibility index (Phi) is 15.4. The zero-order valence-corrected chi connectivity index (χ0v) is 51.2. The zero-order chi connectivity index (χ0) is 61.3. The lowest BCUT2D eigenvalue weighted by Crippen LogP contribution is -2.23. The zero-order valence-electron chi connectivity index (χ0n) is 47.9. The van der Waals surface area contributed by atoms with E-state index in [1.807, 2.05) is 79.9 Å². The van der Waals surface area contributed by atoms with Gasteiger partial charge >= 0.3 is 16.2 Å². The van der Waals surface area contributed by atoms with Crippen LogP contribution in [0.4, 0.5) is 13.2 Å². The molecule has 0 saturated heterocycles. The van der Waals surface area contributed by atoms with Crippen LogP contribution >= 0.6 is 11.3 Å². The van der Waals surface area contributed by atoms with Crippen LogP contribution in [0.3, 0.4) is 0 Å². The summed E-state index contributed by atoms with van der Waals surface area (Å²) in [5.74, 6) is 0.982. The second-order valence-electron chi connectivity index (χ2n) is 22.1. The molecule has 15 rings (SSSR count). The van der Waals surface area contributed by atoms with Gasteiger partial charge in [0.25, 0.3) is 20.0 Å². The van der Waals surface area contributed by atoms with Gasteiger partial charge in [0.1, 0.15) is 10.5 Å². The van der Waals surface area contributed by atoms with Crippen molar-refractivity contribution in [1.29, 1.82) is 0 Å². The lowest BCUT2D eigenvalue weighted by atomic mass is 9.98. The van der Waals surface area contributed by atoms with Gasteiger partial charge in [0.05, 0.1) is 21.5 Å². The Bertz CT molecular complexity index is 4980. The Morgan fingerprint density at radius 2 is 1.10 bits per heavy atom. The van der Waals surface area contributed by atoms with E-state index in [0.717, 1.165) is 105 Å². The first-order valence-corrected chi connectivity index (χ1v) is 33.5. The van der Waals surface area contributed by atoms with Gasteiger partial charge < -0.3 is 28.6 Å². The fourth-order valence-corrected chi connectivity index (χ4v) is 17.1. The molecule has 16 nitrogen and oxygen atoms in total. The summed E-state index contributed by atoms with van der Waals surface area (Å²) in [6.07, 6.45) is 10.7. The molecule has 4 aliphatic rings. The minimum atomic E-state index is -4.52. The predicted octanol–water partition coefficient (Wildman–Crippen LogP) is 12.9. The molecule has 0 aliphatic carbocycles. The van der Waals surface area contributed by atoms with Gasteiger partial charge in [-0.3, -0.25) is 0 Å². The van der Waals surface area contributed by atoms with Gasteiger partial charge in [-0.1, -0.05) is 72.8 Å². The van der Waals surface area contributed by atoms with Crippen molar-refractivity contribution in [3.05, 3.63) is 198 Å². The van der Waals surface area contributed by atoms with E-state index < -0.39 is 41.8 Å². The van der Waals surface area contributed by atoms with Crippen molar-refractivity contribution in [3.63, 3.8) is 0 Å². The van der Waals surface area contributed by atoms with Crippen molar-refractivity contribution < 1.29 is 52.3 Å². The number of benzene rings is 5. The number of aromatic nitrogens is 4. The van der Waals surface area contributed by atoms with Crippen molar-refractivity contribution in [1.82, 2.24) is 31.6 Å².